The predicted molar refractivity (Wildman–Crippen MR) is 61.4 cm³/mol. The third-order valence-electron chi connectivity index (χ3n) is 2.28. The zero-order valence-electron chi connectivity index (χ0n) is 10.1. The molecule has 0 rings (SSSR count). The lowest BCUT2D eigenvalue weighted by Crippen LogP contribution is -2.34. The van der Waals surface area contributed by atoms with Crippen LogP contribution in [-0.4, -0.2) is 24.8 Å². The summed E-state index contributed by atoms with van der Waals surface area (Å²) < 4.78 is 5.32. The van der Waals surface area contributed by atoms with E-state index < -0.39 is 0 Å². The van der Waals surface area contributed by atoms with Gasteiger partial charge in [-0.2, -0.15) is 0 Å². The number of carbonyl (C=O) groups is 1. The first kappa shape index (κ1) is 14.4. The Balaban J connectivity index is 3.55. The number of unbranched alkanes of at least 4 members (excludes halogenated alkanes) is 1. The zero-order chi connectivity index (χ0) is 11.7. The molecule has 0 saturated carbocycles. The van der Waals surface area contributed by atoms with Crippen LogP contribution in [0.3, 0.4) is 0 Å². The van der Waals surface area contributed by atoms with E-state index in [-0.39, 0.29) is 18.2 Å². The van der Waals surface area contributed by atoms with Gasteiger partial charge in [0.15, 0.2) is 0 Å². The van der Waals surface area contributed by atoms with Gasteiger partial charge in [-0.05, 0) is 26.7 Å². The van der Waals surface area contributed by atoms with Crippen LogP contribution in [-0.2, 0) is 9.53 Å². The van der Waals surface area contributed by atoms with Gasteiger partial charge in [0.2, 0.25) is 5.91 Å². The van der Waals surface area contributed by atoms with E-state index in [1.165, 1.54) is 0 Å². The highest BCUT2D eigenvalue weighted by molar-refractivity contribution is 5.75. The second kappa shape index (κ2) is 7.65. The highest BCUT2D eigenvalue weighted by atomic mass is 16.5. The summed E-state index contributed by atoms with van der Waals surface area (Å²) in [6, 6.07) is 0. The van der Waals surface area contributed by atoms with Gasteiger partial charge in [-0.25, -0.2) is 0 Å². The first-order valence-electron chi connectivity index (χ1n) is 5.62. The Kier molecular flexibility index (Phi) is 7.34. The minimum absolute atomic E-state index is 0.125. The molecule has 0 radical (unpaired) electrons. The Morgan fingerprint density at radius 3 is 2.67 bits per heavy atom. The molecule has 0 aromatic rings. The number of nitrogens with two attached hydrogens (primary N) is 1. The van der Waals surface area contributed by atoms with Gasteiger partial charge in [-0.1, -0.05) is 13.3 Å². The Morgan fingerprint density at radius 2 is 2.13 bits per heavy atom. The van der Waals surface area contributed by atoms with Gasteiger partial charge in [0.05, 0.1) is 12.3 Å². The number of hydrogen-bond donors (Lipinski definition) is 2. The van der Waals surface area contributed by atoms with E-state index in [9.17, 15) is 4.79 Å². The average molecular weight is 216 g/mol. The van der Waals surface area contributed by atoms with Crippen molar-refractivity contribution in [3.63, 3.8) is 0 Å². The molecule has 4 nitrogen and oxygen atoms in total. The third kappa shape index (κ3) is 8.39. The number of amides is 1. The molecule has 0 bridgehead atoms. The molecular formula is C11H24N2O2. The van der Waals surface area contributed by atoms with Crippen molar-refractivity contribution >= 4 is 5.91 Å². The summed E-state index contributed by atoms with van der Waals surface area (Å²) >= 11 is 0. The molecule has 0 unspecified atom stereocenters. The standard InChI is InChI=1S/C11H24N2O2/c1-4-5-6-10(14)13-8-7-11(2,3)15-9-12/h4-9,12H2,1-3H3,(H,13,14). The lowest BCUT2D eigenvalue weighted by Gasteiger charge is -2.24. The SMILES string of the molecule is CCCCC(=O)NCCC(C)(C)OCN. The maximum Gasteiger partial charge on any atom is 0.219 e. The topological polar surface area (TPSA) is 64.3 Å². The summed E-state index contributed by atoms with van der Waals surface area (Å²) in [7, 11) is 0. The minimum atomic E-state index is -0.257. The summed E-state index contributed by atoms with van der Waals surface area (Å²) in [6.07, 6.45) is 3.40. The van der Waals surface area contributed by atoms with Crippen LogP contribution in [0.5, 0.6) is 0 Å². The number of carbonyl (C=O) groups excluding carboxylic acids is 1. The van der Waals surface area contributed by atoms with Crippen LogP contribution in [0, 0.1) is 0 Å². The van der Waals surface area contributed by atoms with Crippen LogP contribution in [0.2, 0.25) is 0 Å². The molecule has 0 spiro atoms. The lowest BCUT2D eigenvalue weighted by atomic mass is 10.1. The van der Waals surface area contributed by atoms with E-state index in [0.717, 1.165) is 19.3 Å². The number of nitrogens with one attached hydrogen (secondary N) is 1. The monoisotopic (exact) mass is 216 g/mol. The second-order valence-corrected chi connectivity index (χ2v) is 4.27. The zero-order valence-corrected chi connectivity index (χ0v) is 10.1. The van der Waals surface area contributed by atoms with Gasteiger partial charge in [-0.3, -0.25) is 4.79 Å². The van der Waals surface area contributed by atoms with E-state index >= 15 is 0 Å². The molecule has 0 aromatic carbocycles. The van der Waals surface area contributed by atoms with Crippen LogP contribution < -0.4 is 11.1 Å². The van der Waals surface area contributed by atoms with E-state index in [0.29, 0.717) is 13.0 Å². The summed E-state index contributed by atoms with van der Waals surface area (Å²) in [4.78, 5) is 11.3. The van der Waals surface area contributed by atoms with E-state index in [2.05, 4.69) is 12.2 Å². The summed E-state index contributed by atoms with van der Waals surface area (Å²) in [5.74, 6) is 0.125. The van der Waals surface area contributed by atoms with E-state index in [1.54, 1.807) is 0 Å². The molecule has 0 aliphatic carbocycles. The van der Waals surface area contributed by atoms with Crippen molar-refractivity contribution in [1.29, 1.82) is 0 Å². The molecular weight excluding hydrogens is 192 g/mol. The molecule has 0 fully saturated rings. The van der Waals surface area contributed by atoms with E-state index in [4.69, 9.17) is 10.5 Å². The van der Waals surface area contributed by atoms with Crippen molar-refractivity contribution in [2.75, 3.05) is 13.3 Å². The van der Waals surface area contributed by atoms with Crippen LogP contribution >= 0.6 is 0 Å². The molecule has 1 amide bonds. The first-order valence-corrected chi connectivity index (χ1v) is 5.62. The summed E-state index contributed by atoms with van der Waals surface area (Å²) in [5, 5.41) is 2.87. The largest absolute Gasteiger partial charge is 0.361 e. The Morgan fingerprint density at radius 1 is 1.47 bits per heavy atom. The highest BCUT2D eigenvalue weighted by Gasteiger charge is 2.17. The van der Waals surface area contributed by atoms with Crippen LogP contribution in [0.1, 0.15) is 46.5 Å². The molecule has 0 saturated heterocycles. The molecule has 0 aliphatic heterocycles. The molecule has 3 N–H and O–H groups in total. The molecule has 0 aromatic heterocycles. The van der Waals surface area contributed by atoms with Crippen LogP contribution in [0.25, 0.3) is 0 Å². The minimum Gasteiger partial charge on any atom is -0.361 e. The van der Waals surface area contributed by atoms with Crippen LogP contribution in [0.4, 0.5) is 0 Å². The lowest BCUT2D eigenvalue weighted by molar-refractivity contribution is -0.121. The van der Waals surface area contributed by atoms with Crippen molar-refractivity contribution in [2.24, 2.45) is 5.73 Å². The fourth-order valence-electron chi connectivity index (χ4n) is 1.23. The first-order chi connectivity index (χ1) is 7.02. The second-order valence-electron chi connectivity index (χ2n) is 4.27. The molecule has 4 heteroatoms. The van der Waals surface area contributed by atoms with Gasteiger partial charge in [0.25, 0.3) is 0 Å². The maximum atomic E-state index is 11.3. The molecule has 15 heavy (non-hydrogen) atoms. The van der Waals surface area contributed by atoms with Crippen LogP contribution in [0.15, 0.2) is 0 Å². The Bertz CT molecular complexity index is 181. The number of ether oxygens (including phenoxy) is 1. The third-order valence-corrected chi connectivity index (χ3v) is 2.28. The van der Waals surface area contributed by atoms with Gasteiger partial charge < -0.3 is 15.8 Å². The fourth-order valence-corrected chi connectivity index (χ4v) is 1.23. The fraction of sp³-hybridized carbons (Fsp3) is 0.909. The quantitative estimate of drug-likeness (QED) is 0.603. The molecule has 0 aliphatic rings. The van der Waals surface area contributed by atoms with E-state index in [1.807, 2.05) is 13.8 Å². The summed E-state index contributed by atoms with van der Waals surface area (Å²) in [5.41, 5.74) is 5.05. The molecule has 90 valence electrons. The summed E-state index contributed by atoms with van der Waals surface area (Å²) in [6.45, 7) is 6.88. The molecule has 0 heterocycles. The van der Waals surface area contributed by atoms with Crippen molar-refractivity contribution in [1.82, 2.24) is 5.32 Å². The van der Waals surface area contributed by atoms with Crippen molar-refractivity contribution in [3.05, 3.63) is 0 Å². The smallest absolute Gasteiger partial charge is 0.219 e. The van der Waals surface area contributed by atoms with Gasteiger partial charge in [0.1, 0.15) is 0 Å². The number of hydrogen-bond acceptors (Lipinski definition) is 3. The Labute approximate surface area is 92.6 Å². The maximum absolute atomic E-state index is 11.3. The van der Waals surface area contributed by atoms with Gasteiger partial charge >= 0.3 is 0 Å². The van der Waals surface area contributed by atoms with Crippen molar-refractivity contribution < 1.29 is 9.53 Å². The van der Waals surface area contributed by atoms with Gasteiger partial charge in [-0.15, -0.1) is 0 Å². The molecule has 0 atom stereocenters. The van der Waals surface area contributed by atoms with Crippen molar-refractivity contribution in [2.45, 2.75) is 52.1 Å². The normalized spacial score (nSPS) is 11.5. The number of rotatable bonds is 8. The van der Waals surface area contributed by atoms with Crippen molar-refractivity contribution in [3.8, 4) is 0 Å². The predicted octanol–water partition coefficient (Wildman–Crippen LogP) is 1.39. The average Bonchev–Trinajstić information content (AvgIpc) is 2.14. The van der Waals surface area contributed by atoms with Gasteiger partial charge in [0, 0.05) is 13.0 Å². The Hall–Kier alpha value is -0.610. The highest BCUT2D eigenvalue weighted by Crippen LogP contribution is 2.12.